The maximum atomic E-state index is 9.24. The Balaban J connectivity index is 1.56. The second-order valence-electron chi connectivity index (χ2n) is 9.22. The van der Waals surface area contributed by atoms with Crippen molar-refractivity contribution in [1.29, 1.82) is 5.26 Å². The molecule has 0 bridgehead atoms. The van der Waals surface area contributed by atoms with Gasteiger partial charge in [0.2, 0.25) is 0 Å². The van der Waals surface area contributed by atoms with Crippen LogP contribution < -0.4 is 0 Å². The Hall–Kier alpha value is -4.93. The first kappa shape index (κ1) is 20.4. The fraction of sp³-hybridized carbons (Fsp3) is 0. The van der Waals surface area contributed by atoms with Gasteiger partial charge in [-0.2, -0.15) is 5.26 Å². The molecule has 0 amide bonds. The van der Waals surface area contributed by atoms with Crippen LogP contribution in [0.15, 0.2) is 127 Å². The Morgan fingerprint density at radius 1 is 0.389 bits per heavy atom. The molecule has 6 aromatic carbocycles. The summed E-state index contributed by atoms with van der Waals surface area (Å²) in [6.07, 6.45) is 0. The van der Waals surface area contributed by atoms with Crippen molar-refractivity contribution in [2.45, 2.75) is 0 Å². The number of nitrogens with zero attached hydrogens (tertiary/aromatic N) is 1. The van der Waals surface area contributed by atoms with Gasteiger partial charge in [0.1, 0.15) is 0 Å². The topological polar surface area (TPSA) is 23.8 Å². The molecule has 0 saturated carbocycles. The van der Waals surface area contributed by atoms with E-state index >= 15 is 0 Å². The largest absolute Gasteiger partial charge is 0.192 e. The van der Waals surface area contributed by atoms with Gasteiger partial charge < -0.3 is 0 Å². The third-order valence-corrected chi connectivity index (χ3v) is 7.28. The smallest absolute Gasteiger partial charge is 0.0991 e. The van der Waals surface area contributed by atoms with E-state index in [2.05, 4.69) is 121 Å². The summed E-state index contributed by atoms with van der Waals surface area (Å²) in [5.41, 5.74) is 13.1. The lowest BCUT2D eigenvalue weighted by atomic mass is 9.88. The van der Waals surface area contributed by atoms with Gasteiger partial charge in [-0.25, -0.2) is 0 Å². The Bertz CT molecular complexity index is 1730. The van der Waals surface area contributed by atoms with Crippen LogP contribution in [0.5, 0.6) is 0 Å². The lowest BCUT2D eigenvalue weighted by Gasteiger charge is -2.15. The number of rotatable bonds is 3. The number of hydrogen-bond donors (Lipinski definition) is 0. The van der Waals surface area contributed by atoms with Crippen LogP contribution in [0.2, 0.25) is 0 Å². The molecule has 166 valence electrons. The van der Waals surface area contributed by atoms with Gasteiger partial charge in [-0.1, -0.05) is 115 Å². The van der Waals surface area contributed by atoms with Crippen LogP contribution in [0.3, 0.4) is 0 Å². The van der Waals surface area contributed by atoms with E-state index < -0.39 is 0 Å². The average molecular weight is 456 g/mol. The summed E-state index contributed by atoms with van der Waals surface area (Å²) >= 11 is 0. The number of benzene rings is 6. The van der Waals surface area contributed by atoms with Crippen LogP contribution in [-0.2, 0) is 0 Å². The minimum absolute atomic E-state index is 0.678. The zero-order valence-electron chi connectivity index (χ0n) is 19.6. The van der Waals surface area contributed by atoms with Gasteiger partial charge in [-0.3, -0.25) is 0 Å². The van der Waals surface area contributed by atoms with Crippen molar-refractivity contribution < 1.29 is 0 Å². The van der Waals surface area contributed by atoms with Crippen LogP contribution in [0.4, 0.5) is 0 Å². The molecule has 36 heavy (non-hydrogen) atoms. The third-order valence-electron chi connectivity index (χ3n) is 7.28. The molecule has 0 radical (unpaired) electrons. The SMILES string of the molecule is N#Cc1ccc(-c2ccc3c4c(cccc24)-c2c(-c4ccccc4)ccc(-c4ccccc4)c2-3)cc1. The maximum absolute atomic E-state index is 9.24. The molecule has 1 aliphatic rings. The van der Waals surface area contributed by atoms with Crippen molar-refractivity contribution in [3.8, 4) is 61.7 Å². The minimum Gasteiger partial charge on any atom is -0.192 e. The normalized spacial score (nSPS) is 11.3. The molecule has 0 spiro atoms. The summed E-state index contributed by atoms with van der Waals surface area (Å²) in [6, 6.07) is 47.2. The van der Waals surface area contributed by atoms with E-state index in [9.17, 15) is 5.26 Å². The summed E-state index contributed by atoms with van der Waals surface area (Å²) in [6.45, 7) is 0. The van der Waals surface area contributed by atoms with Gasteiger partial charge in [-0.05, 0) is 78.5 Å². The molecule has 1 nitrogen and oxygen atoms in total. The predicted octanol–water partition coefficient (Wildman–Crippen LogP) is 9.36. The fourth-order valence-corrected chi connectivity index (χ4v) is 5.68. The van der Waals surface area contributed by atoms with Gasteiger partial charge in [0.15, 0.2) is 0 Å². The highest BCUT2D eigenvalue weighted by atomic mass is 14.3. The molecule has 0 N–H and O–H groups in total. The highest BCUT2D eigenvalue weighted by Gasteiger charge is 2.28. The van der Waals surface area contributed by atoms with Crippen LogP contribution in [0, 0.1) is 11.3 Å². The molecule has 0 unspecified atom stereocenters. The molecule has 0 heterocycles. The second-order valence-corrected chi connectivity index (χ2v) is 9.22. The lowest BCUT2D eigenvalue weighted by molar-refractivity contribution is 1.48. The molecule has 0 fully saturated rings. The Labute approximate surface area is 210 Å². The van der Waals surface area contributed by atoms with E-state index in [-0.39, 0.29) is 0 Å². The Kier molecular flexibility index (Phi) is 4.59. The van der Waals surface area contributed by atoms with Crippen molar-refractivity contribution in [3.63, 3.8) is 0 Å². The first-order valence-electron chi connectivity index (χ1n) is 12.2. The first-order valence-corrected chi connectivity index (χ1v) is 12.2. The lowest BCUT2D eigenvalue weighted by Crippen LogP contribution is -1.89. The van der Waals surface area contributed by atoms with Gasteiger partial charge in [0, 0.05) is 0 Å². The number of fused-ring (bicyclic) bond motifs is 3. The van der Waals surface area contributed by atoms with Crippen LogP contribution in [0.1, 0.15) is 5.56 Å². The van der Waals surface area contributed by atoms with Gasteiger partial charge in [0.25, 0.3) is 0 Å². The maximum Gasteiger partial charge on any atom is 0.0991 e. The zero-order valence-corrected chi connectivity index (χ0v) is 19.6. The number of nitriles is 1. The third kappa shape index (κ3) is 3.02. The van der Waals surface area contributed by atoms with Gasteiger partial charge in [0.05, 0.1) is 11.6 Å². The molecule has 1 aliphatic carbocycles. The number of hydrogen-bond acceptors (Lipinski definition) is 1. The van der Waals surface area contributed by atoms with Crippen molar-refractivity contribution in [2.24, 2.45) is 0 Å². The van der Waals surface area contributed by atoms with Crippen molar-refractivity contribution >= 4 is 10.8 Å². The summed E-state index contributed by atoms with van der Waals surface area (Å²) in [7, 11) is 0. The average Bonchev–Trinajstić information content (AvgIpc) is 3.30. The van der Waals surface area contributed by atoms with Crippen molar-refractivity contribution in [1.82, 2.24) is 0 Å². The van der Waals surface area contributed by atoms with Crippen molar-refractivity contribution in [3.05, 3.63) is 133 Å². The molecule has 0 aliphatic heterocycles. The zero-order chi connectivity index (χ0) is 24.1. The minimum atomic E-state index is 0.678. The molecule has 6 aromatic rings. The highest BCUT2D eigenvalue weighted by molar-refractivity contribution is 6.23. The van der Waals surface area contributed by atoms with E-state index in [0.717, 1.165) is 5.56 Å². The van der Waals surface area contributed by atoms with E-state index in [1.54, 1.807) is 0 Å². The van der Waals surface area contributed by atoms with Gasteiger partial charge in [-0.15, -0.1) is 0 Å². The second kappa shape index (κ2) is 8.08. The molecular formula is C35H21N. The highest BCUT2D eigenvalue weighted by Crippen LogP contribution is 2.55. The molecule has 0 saturated heterocycles. The first-order chi connectivity index (χ1) is 17.8. The molecule has 0 atom stereocenters. The quantitative estimate of drug-likeness (QED) is 0.260. The summed E-state index contributed by atoms with van der Waals surface area (Å²) < 4.78 is 0. The van der Waals surface area contributed by atoms with Gasteiger partial charge >= 0.3 is 0 Å². The molecular weight excluding hydrogens is 434 g/mol. The van der Waals surface area contributed by atoms with Crippen LogP contribution in [0.25, 0.3) is 66.4 Å². The van der Waals surface area contributed by atoms with Crippen LogP contribution in [-0.4, -0.2) is 0 Å². The van der Waals surface area contributed by atoms with E-state index in [1.165, 1.54) is 60.8 Å². The molecule has 0 aromatic heterocycles. The fourth-order valence-electron chi connectivity index (χ4n) is 5.68. The Morgan fingerprint density at radius 3 is 1.47 bits per heavy atom. The monoisotopic (exact) mass is 455 g/mol. The summed E-state index contributed by atoms with van der Waals surface area (Å²) in [5.74, 6) is 0. The summed E-state index contributed by atoms with van der Waals surface area (Å²) in [5, 5.41) is 11.8. The van der Waals surface area contributed by atoms with E-state index in [0.29, 0.717) is 5.56 Å². The van der Waals surface area contributed by atoms with Crippen molar-refractivity contribution in [2.75, 3.05) is 0 Å². The standard InChI is InChI=1S/C35H21N/c36-22-23-14-16-26(17-15-23)27-18-21-32-33-30(27)12-7-13-31(33)34-28(24-8-3-1-4-9-24)19-20-29(35(32)34)25-10-5-2-6-11-25/h1-21H. The molecule has 7 rings (SSSR count). The molecule has 1 heteroatoms. The predicted molar refractivity (Wildman–Crippen MR) is 149 cm³/mol. The van der Waals surface area contributed by atoms with Crippen LogP contribution >= 0.6 is 0 Å². The van der Waals surface area contributed by atoms with E-state index in [1.807, 2.05) is 12.1 Å². The summed E-state index contributed by atoms with van der Waals surface area (Å²) in [4.78, 5) is 0. The van der Waals surface area contributed by atoms with E-state index in [4.69, 9.17) is 0 Å². The Morgan fingerprint density at radius 2 is 0.889 bits per heavy atom.